The average molecular weight is 448 g/mol. The van der Waals surface area contributed by atoms with Crippen molar-refractivity contribution in [2.24, 2.45) is 0 Å². The van der Waals surface area contributed by atoms with E-state index < -0.39 is 16.1 Å². The highest BCUT2D eigenvalue weighted by Gasteiger charge is 2.27. The molecule has 0 bridgehead atoms. The summed E-state index contributed by atoms with van der Waals surface area (Å²) in [4.78, 5) is 4.57. The van der Waals surface area contributed by atoms with Gasteiger partial charge in [-0.1, -0.05) is 72.4 Å². The van der Waals surface area contributed by atoms with E-state index in [1.165, 1.54) is 12.1 Å². The molecule has 0 saturated carbocycles. The van der Waals surface area contributed by atoms with E-state index in [2.05, 4.69) is 21.4 Å². The summed E-state index contributed by atoms with van der Waals surface area (Å²) < 4.78 is 39.5. The number of hydrogen-bond acceptors (Lipinski definition) is 6. The van der Waals surface area contributed by atoms with E-state index in [4.69, 9.17) is 9.26 Å². The molecular weight excluding hydrogens is 426 g/mol. The van der Waals surface area contributed by atoms with Crippen molar-refractivity contribution in [1.29, 1.82) is 0 Å². The first kappa shape index (κ1) is 21.5. The van der Waals surface area contributed by atoms with Gasteiger partial charge >= 0.3 is 0 Å². The topological polar surface area (TPSA) is 94.3 Å². The Morgan fingerprint density at radius 3 is 2.22 bits per heavy atom. The number of sulfonamides is 1. The van der Waals surface area contributed by atoms with Crippen molar-refractivity contribution < 1.29 is 17.7 Å². The number of benzene rings is 3. The van der Waals surface area contributed by atoms with Crippen LogP contribution in [0.25, 0.3) is 17.0 Å². The van der Waals surface area contributed by atoms with Gasteiger partial charge in [-0.3, -0.25) is 0 Å². The molecule has 4 aromatic rings. The monoisotopic (exact) mass is 447 g/mol. The van der Waals surface area contributed by atoms with Crippen molar-refractivity contribution in [3.63, 3.8) is 0 Å². The molecule has 0 saturated heterocycles. The molecule has 8 heteroatoms. The van der Waals surface area contributed by atoms with Crippen molar-refractivity contribution in [2.45, 2.75) is 10.9 Å². The highest BCUT2D eigenvalue weighted by Crippen LogP contribution is 2.31. The zero-order valence-corrected chi connectivity index (χ0v) is 18.1. The first-order valence-electron chi connectivity index (χ1n) is 9.77. The summed E-state index contributed by atoms with van der Waals surface area (Å²) in [5, 5.41) is 4.02. The molecule has 7 nitrogen and oxygen atoms in total. The molecule has 1 atom stereocenters. The van der Waals surface area contributed by atoms with Crippen LogP contribution in [0.5, 0.6) is 5.75 Å². The van der Waals surface area contributed by atoms with Gasteiger partial charge in [-0.2, -0.15) is 9.71 Å². The molecule has 0 aliphatic rings. The summed E-state index contributed by atoms with van der Waals surface area (Å²) in [5.74, 6) is 1.18. The van der Waals surface area contributed by atoms with Gasteiger partial charge in [-0.05, 0) is 29.8 Å². The van der Waals surface area contributed by atoms with Crippen LogP contribution in [0.15, 0.2) is 101 Å². The molecule has 0 aliphatic heterocycles. The number of ether oxygens (including phenoxy) is 1. The Balaban J connectivity index is 1.70. The molecule has 1 heterocycles. The highest BCUT2D eigenvalue weighted by molar-refractivity contribution is 7.89. The Morgan fingerprint density at radius 2 is 1.59 bits per heavy atom. The molecule has 162 valence electrons. The number of aromatic nitrogens is 2. The second kappa shape index (κ2) is 9.17. The van der Waals surface area contributed by atoms with Crippen LogP contribution in [0.1, 0.15) is 17.5 Å². The molecule has 1 N–H and O–H groups in total. The van der Waals surface area contributed by atoms with E-state index in [-0.39, 0.29) is 10.8 Å². The Hall–Kier alpha value is -3.75. The third kappa shape index (κ3) is 4.61. The molecule has 0 aliphatic carbocycles. The maximum absolute atomic E-state index is 13.1. The van der Waals surface area contributed by atoms with E-state index in [9.17, 15) is 8.42 Å². The SMILES string of the molecule is C=C(c1nc(-c2ccccc2)no1)[C@@H](NS(=O)(=O)c1ccccc1)c1ccc(OC)cc1. The van der Waals surface area contributed by atoms with Crippen LogP contribution in [0.2, 0.25) is 0 Å². The predicted octanol–water partition coefficient (Wildman–Crippen LogP) is 4.48. The number of hydrogen-bond donors (Lipinski definition) is 1. The van der Waals surface area contributed by atoms with Gasteiger partial charge in [0.1, 0.15) is 5.75 Å². The number of rotatable bonds is 8. The third-order valence-electron chi connectivity index (χ3n) is 4.86. The summed E-state index contributed by atoms with van der Waals surface area (Å²) >= 11 is 0. The Morgan fingerprint density at radius 1 is 0.969 bits per heavy atom. The summed E-state index contributed by atoms with van der Waals surface area (Å²) in [7, 11) is -2.29. The molecule has 32 heavy (non-hydrogen) atoms. The van der Waals surface area contributed by atoms with Crippen molar-refractivity contribution >= 4 is 15.6 Å². The van der Waals surface area contributed by atoms with E-state index in [0.29, 0.717) is 22.7 Å². The van der Waals surface area contributed by atoms with Crippen LogP contribution < -0.4 is 9.46 Å². The maximum Gasteiger partial charge on any atom is 0.255 e. The molecule has 1 aromatic heterocycles. The molecular formula is C24H21N3O4S. The van der Waals surface area contributed by atoms with Gasteiger partial charge in [0, 0.05) is 11.1 Å². The van der Waals surface area contributed by atoms with Gasteiger partial charge in [0.2, 0.25) is 15.8 Å². The van der Waals surface area contributed by atoms with Crippen LogP contribution in [0, 0.1) is 0 Å². The zero-order chi connectivity index (χ0) is 22.6. The lowest BCUT2D eigenvalue weighted by atomic mass is 10.0. The molecule has 3 aromatic carbocycles. The standard InChI is InChI=1S/C24H21N3O4S/c1-17(24-25-23(26-31-24)19-9-5-3-6-10-19)22(18-13-15-20(30-2)16-14-18)27-32(28,29)21-11-7-4-8-12-21/h3-16,22,27H,1H2,2H3/t22-/m1/s1. The van der Waals surface area contributed by atoms with E-state index >= 15 is 0 Å². The quantitative estimate of drug-likeness (QED) is 0.428. The van der Waals surface area contributed by atoms with Crippen LogP contribution in [0.3, 0.4) is 0 Å². The van der Waals surface area contributed by atoms with Gasteiger partial charge in [0.25, 0.3) is 5.89 Å². The molecule has 0 unspecified atom stereocenters. The smallest absolute Gasteiger partial charge is 0.255 e. The van der Waals surface area contributed by atoms with Crippen LogP contribution in [-0.2, 0) is 10.0 Å². The van der Waals surface area contributed by atoms with Gasteiger partial charge in [0.05, 0.1) is 18.0 Å². The number of nitrogens with one attached hydrogen (secondary N) is 1. The van der Waals surface area contributed by atoms with Crippen LogP contribution in [0.4, 0.5) is 0 Å². The highest BCUT2D eigenvalue weighted by atomic mass is 32.2. The molecule has 0 radical (unpaired) electrons. The van der Waals surface area contributed by atoms with E-state index in [0.717, 1.165) is 5.56 Å². The predicted molar refractivity (Wildman–Crippen MR) is 121 cm³/mol. The van der Waals surface area contributed by atoms with Crippen molar-refractivity contribution in [1.82, 2.24) is 14.9 Å². The van der Waals surface area contributed by atoms with Crippen molar-refractivity contribution in [3.8, 4) is 17.1 Å². The van der Waals surface area contributed by atoms with Gasteiger partial charge in [0.15, 0.2) is 0 Å². The summed E-state index contributed by atoms with van der Waals surface area (Å²) in [6.45, 7) is 4.07. The lowest BCUT2D eigenvalue weighted by Crippen LogP contribution is -2.29. The minimum absolute atomic E-state index is 0.139. The summed E-state index contributed by atoms with van der Waals surface area (Å²) in [6.07, 6.45) is 0. The fraction of sp³-hybridized carbons (Fsp3) is 0.0833. The summed E-state index contributed by atoms with van der Waals surface area (Å²) in [5.41, 5.74) is 1.75. The van der Waals surface area contributed by atoms with Gasteiger partial charge < -0.3 is 9.26 Å². The average Bonchev–Trinajstić information content (AvgIpc) is 3.34. The normalized spacial score (nSPS) is 12.3. The second-order valence-electron chi connectivity index (χ2n) is 6.95. The third-order valence-corrected chi connectivity index (χ3v) is 6.30. The second-order valence-corrected chi connectivity index (χ2v) is 8.67. The Kier molecular flexibility index (Phi) is 6.16. The van der Waals surface area contributed by atoms with E-state index in [1.54, 1.807) is 49.6 Å². The van der Waals surface area contributed by atoms with E-state index in [1.807, 2.05) is 30.3 Å². The lowest BCUT2D eigenvalue weighted by molar-refractivity contribution is 0.405. The van der Waals surface area contributed by atoms with Crippen molar-refractivity contribution in [2.75, 3.05) is 7.11 Å². The number of methoxy groups -OCH3 is 1. The fourth-order valence-electron chi connectivity index (χ4n) is 3.14. The Labute approximate surface area is 186 Å². The molecule has 0 fully saturated rings. The van der Waals surface area contributed by atoms with Crippen molar-refractivity contribution in [3.05, 3.63) is 103 Å². The maximum atomic E-state index is 13.1. The largest absolute Gasteiger partial charge is 0.497 e. The molecule has 0 spiro atoms. The first-order chi connectivity index (χ1) is 15.5. The minimum atomic E-state index is -3.85. The van der Waals surface area contributed by atoms with Crippen LogP contribution in [-0.4, -0.2) is 25.7 Å². The summed E-state index contributed by atoms with van der Waals surface area (Å²) in [6, 6.07) is 23.6. The first-order valence-corrected chi connectivity index (χ1v) is 11.3. The van der Waals surface area contributed by atoms with Crippen LogP contribution >= 0.6 is 0 Å². The fourth-order valence-corrected chi connectivity index (χ4v) is 4.38. The Bertz CT molecular complexity index is 1300. The lowest BCUT2D eigenvalue weighted by Gasteiger charge is -2.20. The minimum Gasteiger partial charge on any atom is -0.497 e. The molecule has 4 rings (SSSR count). The zero-order valence-electron chi connectivity index (χ0n) is 17.3. The molecule has 0 amide bonds. The van der Waals surface area contributed by atoms with Gasteiger partial charge in [-0.25, -0.2) is 8.42 Å². The number of nitrogens with zero attached hydrogens (tertiary/aromatic N) is 2. The van der Waals surface area contributed by atoms with Gasteiger partial charge in [-0.15, -0.1) is 0 Å².